The third kappa shape index (κ3) is 3.69. The number of fused-ring (bicyclic) bond motifs is 1. The molecular formula is C21H16ClN3O2S. The molecule has 0 aliphatic rings. The van der Waals surface area contributed by atoms with Crippen LogP contribution < -0.4 is 10.9 Å². The summed E-state index contributed by atoms with van der Waals surface area (Å²) in [6.45, 7) is 2.29. The lowest BCUT2D eigenvalue weighted by molar-refractivity contribution is 0.102. The summed E-state index contributed by atoms with van der Waals surface area (Å²) in [5.41, 5.74) is 2.43. The number of hydrogen-bond donors (Lipinski definition) is 1. The smallest absolute Gasteiger partial charge is 0.263 e. The maximum absolute atomic E-state index is 12.8. The third-order valence-corrected chi connectivity index (χ3v) is 5.63. The minimum Gasteiger partial charge on any atom is -0.310 e. The van der Waals surface area contributed by atoms with E-state index in [0.29, 0.717) is 16.7 Å². The van der Waals surface area contributed by atoms with Crippen molar-refractivity contribution in [3.63, 3.8) is 0 Å². The molecule has 4 aromatic rings. The van der Waals surface area contributed by atoms with Gasteiger partial charge >= 0.3 is 0 Å². The highest BCUT2D eigenvalue weighted by Gasteiger charge is 2.15. The summed E-state index contributed by atoms with van der Waals surface area (Å²) >= 11 is 7.56. The number of aryl methyl sites for hydroxylation is 1. The van der Waals surface area contributed by atoms with Gasteiger partial charge in [-0.3, -0.25) is 14.9 Å². The number of halogens is 1. The number of aromatic nitrogens is 2. The molecule has 7 heteroatoms. The molecule has 2 aromatic carbocycles. The van der Waals surface area contributed by atoms with Crippen molar-refractivity contribution >= 4 is 44.2 Å². The van der Waals surface area contributed by atoms with E-state index in [1.165, 1.54) is 22.0 Å². The minimum absolute atomic E-state index is 0.0602. The highest BCUT2D eigenvalue weighted by Crippen LogP contribution is 2.26. The van der Waals surface area contributed by atoms with Gasteiger partial charge in [-0.25, -0.2) is 4.98 Å². The summed E-state index contributed by atoms with van der Waals surface area (Å²) < 4.78 is 2.46. The standard InChI is InChI=1S/C21H16ClN3O2S/c1-13-8-9-17-18(11-13)28-21(23-17)24-19(26)15-6-4-10-25(20(15)27)12-14-5-2-3-7-16(14)22/h2-11H,12H2,1H3,(H,23,24,26). The van der Waals surface area contributed by atoms with Crippen molar-refractivity contribution in [2.24, 2.45) is 0 Å². The summed E-state index contributed by atoms with van der Waals surface area (Å²) in [6.07, 6.45) is 1.64. The van der Waals surface area contributed by atoms with Gasteiger partial charge in [0.1, 0.15) is 5.56 Å². The first kappa shape index (κ1) is 18.4. The molecule has 0 saturated carbocycles. The fourth-order valence-corrected chi connectivity index (χ4v) is 4.05. The van der Waals surface area contributed by atoms with Gasteiger partial charge in [0.05, 0.1) is 16.8 Å². The maximum Gasteiger partial charge on any atom is 0.263 e. The van der Waals surface area contributed by atoms with Crippen LogP contribution in [0.15, 0.2) is 65.6 Å². The average Bonchev–Trinajstić information content (AvgIpc) is 3.06. The topological polar surface area (TPSA) is 64.0 Å². The van der Waals surface area contributed by atoms with Crippen LogP contribution in [-0.4, -0.2) is 15.5 Å². The quantitative estimate of drug-likeness (QED) is 0.530. The summed E-state index contributed by atoms with van der Waals surface area (Å²) in [7, 11) is 0. The molecule has 140 valence electrons. The van der Waals surface area contributed by atoms with Crippen LogP contribution >= 0.6 is 22.9 Å². The highest BCUT2D eigenvalue weighted by molar-refractivity contribution is 7.22. The van der Waals surface area contributed by atoms with Crippen LogP contribution in [0.1, 0.15) is 21.5 Å². The number of carbonyl (C=O) groups is 1. The fraction of sp³-hybridized carbons (Fsp3) is 0.0952. The Bertz CT molecular complexity index is 1250. The van der Waals surface area contributed by atoms with Crippen LogP contribution in [0.4, 0.5) is 5.13 Å². The third-order valence-electron chi connectivity index (χ3n) is 4.33. The summed E-state index contributed by atoms with van der Waals surface area (Å²) in [4.78, 5) is 29.9. The largest absolute Gasteiger partial charge is 0.310 e. The van der Waals surface area contributed by atoms with Crippen molar-refractivity contribution in [3.8, 4) is 0 Å². The molecule has 0 bridgehead atoms. The Morgan fingerprint density at radius 2 is 2.00 bits per heavy atom. The first-order valence-electron chi connectivity index (χ1n) is 8.63. The number of thiazole rings is 1. The number of hydrogen-bond acceptors (Lipinski definition) is 4. The van der Waals surface area contributed by atoms with Crippen molar-refractivity contribution in [1.82, 2.24) is 9.55 Å². The van der Waals surface area contributed by atoms with E-state index >= 15 is 0 Å². The number of nitrogens with one attached hydrogen (secondary N) is 1. The van der Waals surface area contributed by atoms with Gasteiger partial charge in [0.15, 0.2) is 5.13 Å². The second-order valence-corrected chi connectivity index (χ2v) is 7.83. The Balaban J connectivity index is 1.60. The van der Waals surface area contributed by atoms with Gasteiger partial charge in [-0.2, -0.15) is 0 Å². The molecule has 0 unspecified atom stereocenters. The van der Waals surface area contributed by atoms with Gasteiger partial charge in [0, 0.05) is 11.2 Å². The van der Waals surface area contributed by atoms with Crippen LogP contribution in [0.5, 0.6) is 0 Å². The highest BCUT2D eigenvalue weighted by atomic mass is 35.5. The van der Waals surface area contributed by atoms with Crippen molar-refractivity contribution < 1.29 is 4.79 Å². The Morgan fingerprint density at radius 1 is 1.18 bits per heavy atom. The van der Waals surface area contributed by atoms with E-state index in [1.807, 2.05) is 43.3 Å². The summed E-state index contributed by atoms with van der Waals surface area (Å²) in [5, 5.41) is 3.78. The molecule has 2 aromatic heterocycles. The second-order valence-electron chi connectivity index (χ2n) is 6.39. The molecule has 0 saturated heterocycles. The van der Waals surface area contributed by atoms with Crippen LogP contribution in [0.2, 0.25) is 5.02 Å². The van der Waals surface area contributed by atoms with E-state index in [1.54, 1.807) is 18.3 Å². The zero-order valence-corrected chi connectivity index (χ0v) is 16.6. The molecule has 1 amide bonds. The number of pyridine rings is 1. The Labute approximate surface area is 170 Å². The molecule has 0 spiro atoms. The van der Waals surface area contributed by atoms with Gasteiger partial charge < -0.3 is 4.57 Å². The first-order valence-corrected chi connectivity index (χ1v) is 9.82. The Kier molecular flexibility index (Phi) is 4.98. The lowest BCUT2D eigenvalue weighted by Gasteiger charge is -2.09. The molecule has 1 N–H and O–H groups in total. The van der Waals surface area contributed by atoms with Crippen LogP contribution in [0.25, 0.3) is 10.2 Å². The zero-order chi connectivity index (χ0) is 19.7. The number of rotatable bonds is 4. The summed E-state index contributed by atoms with van der Waals surface area (Å²) in [5.74, 6) is -0.478. The SMILES string of the molecule is Cc1ccc2nc(NC(=O)c3cccn(Cc4ccccc4Cl)c3=O)sc2c1. The van der Waals surface area contributed by atoms with Crippen molar-refractivity contribution in [1.29, 1.82) is 0 Å². The molecule has 2 heterocycles. The maximum atomic E-state index is 12.8. The van der Waals surface area contributed by atoms with E-state index in [-0.39, 0.29) is 11.1 Å². The van der Waals surface area contributed by atoms with Crippen molar-refractivity contribution in [2.75, 3.05) is 5.32 Å². The van der Waals surface area contributed by atoms with Gasteiger partial charge in [-0.1, -0.05) is 47.2 Å². The zero-order valence-electron chi connectivity index (χ0n) is 15.0. The normalized spacial score (nSPS) is 10.9. The molecule has 5 nitrogen and oxygen atoms in total. The van der Waals surface area contributed by atoms with Crippen LogP contribution in [0, 0.1) is 6.92 Å². The molecular weight excluding hydrogens is 394 g/mol. The Hall–Kier alpha value is -2.96. The lowest BCUT2D eigenvalue weighted by atomic mass is 10.2. The monoisotopic (exact) mass is 409 g/mol. The van der Waals surface area contributed by atoms with E-state index < -0.39 is 5.91 Å². The predicted octanol–water partition coefficient (Wildman–Crippen LogP) is 4.72. The van der Waals surface area contributed by atoms with Crippen LogP contribution in [-0.2, 0) is 6.54 Å². The molecule has 0 atom stereocenters. The van der Waals surface area contributed by atoms with Gasteiger partial charge in [-0.15, -0.1) is 0 Å². The molecule has 28 heavy (non-hydrogen) atoms. The number of carbonyl (C=O) groups excluding carboxylic acids is 1. The minimum atomic E-state index is -0.478. The van der Waals surface area contributed by atoms with E-state index in [4.69, 9.17) is 11.6 Å². The summed E-state index contributed by atoms with van der Waals surface area (Å²) in [6, 6.07) is 16.4. The number of nitrogens with zero attached hydrogens (tertiary/aromatic N) is 2. The van der Waals surface area contributed by atoms with Gasteiger partial charge in [0.2, 0.25) is 0 Å². The predicted molar refractivity (Wildman–Crippen MR) is 114 cm³/mol. The molecule has 0 radical (unpaired) electrons. The second kappa shape index (κ2) is 7.58. The first-order chi connectivity index (χ1) is 13.5. The van der Waals surface area contributed by atoms with Crippen molar-refractivity contribution in [3.05, 3.63) is 92.9 Å². The van der Waals surface area contributed by atoms with Gasteiger partial charge in [-0.05, 0) is 48.4 Å². The average molecular weight is 410 g/mol. The number of benzene rings is 2. The fourth-order valence-electron chi connectivity index (χ4n) is 2.89. The molecule has 0 aliphatic carbocycles. The molecule has 4 rings (SSSR count). The van der Waals surface area contributed by atoms with Crippen LogP contribution in [0.3, 0.4) is 0 Å². The van der Waals surface area contributed by atoms with E-state index in [9.17, 15) is 9.59 Å². The Morgan fingerprint density at radius 3 is 2.82 bits per heavy atom. The van der Waals surface area contributed by atoms with Gasteiger partial charge in [0.25, 0.3) is 11.5 Å². The molecule has 0 fully saturated rings. The van der Waals surface area contributed by atoms with E-state index in [2.05, 4.69) is 10.3 Å². The lowest BCUT2D eigenvalue weighted by Crippen LogP contribution is -2.29. The van der Waals surface area contributed by atoms with Crippen molar-refractivity contribution in [2.45, 2.75) is 13.5 Å². The number of amides is 1. The number of anilines is 1. The van der Waals surface area contributed by atoms with E-state index in [0.717, 1.165) is 21.3 Å². The molecule has 0 aliphatic heterocycles.